The Hall–Kier alpha value is -3.16. The maximum Gasteiger partial charge on any atom is 0.268 e. The normalized spacial score (nSPS) is 12.5. The lowest BCUT2D eigenvalue weighted by molar-refractivity contribution is 0.0786. The molecule has 38 heavy (non-hydrogen) atoms. The van der Waals surface area contributed by atoms with Gasteiger partial charge in [0.05, 0.1) is 16.6 Å². The minimum atomic E-state index is -3.85. The van der Waals surface area contributed by atoms with Gasteiger partial charge in [-0.3, -0.25) is 0 Å². The summed E-state index contributed by atoms with van der Waals surface area (Å²) in [5.74, 6) is 5.82. The summed E-state index contributed by atoms with van der Waals surface area (Å²) >= 11 is 0. The molecule has 0 fully saturated rings. The van der Waals surface area contributed by atoms with Gasteiger partial charge in [0.15, 0.2) is 0 Å². The summed E-state index contributed by atoms with van der Waals surface area (Å²) in [5.41, 5.74) is 2.54. The molecule has 0 aliphatic rings. The van der Waals surface area contributed by atoms with Gasteiger partial charge in [-0.2, -0.15) is 5.10 Å². The van der Waals surface area contributed by atoms with Crippen LogP contribution < -0.4 is 0 Å². The Kier molecular flexibility index (Phi) is 7.73. The molecule has 1 N–H and O–H groups in total. The minimum Gasteiger partial charge on any atom is -0.378 e. The van der Waals surface area contributed by atoms with E-state index >= 15 is 0 Å². The lowest BCUT2D eigenvalue weighted by Gasteiger charge is -2.15. The maximum atomic E-state index is 13.7. The quantitative estimate of drug-likeness (QED) is 0.179. The third kappa shape index (κ3) is 6.63. The maximum absolute atomic E-state index is 13.7. The van der Waals surface area contributed by atoms with Gasteiger partial charge in [0.1, 0.15) is 12.3 Å². The number of aromatic nitrogens is 3. The van der Waals surface area contributed by atoms with Gasteiger partial charge in [0, 0.05) is 49.2 Å². The first-order valence-corrected chi connectivity index (χ1v) is 17.7. The molecule has 2 aromatic heterocycles. The molecule has 2 heterocycles. The van der Waals surface area contributed by atoms with Crippen molar-refractivity contribution < 1.29 is 18.3 Å². The highest BCUT2D eigenvalue weighted by Gasteiger charge is 2.23. The zero-order valence-electron chi connectivity index (χ0n) is 22.8. The van der Waals surface area contributed by atoms with E-state index in [0.717, 1.165) is 28.1 Å². The van der Waals surface area contributed by atoms with E-state index < -0.39 is 23.7 Å². The fourth-order valence-electron chi connectivity index (χ4n) is 3.87. The highest BCUT2D eigenvalue weighted by atomic mass is 32.2. The van der Waals surface area contributed by atoms with Gasteiger partial charge in [-0.1, -0.05) is 49.2 Å². The van der Waals surface area contributed by atoms with E-state index in [1.54, 1.807) is 67.3 Å². The van der Waals surface area contributed by atoms with Crippen LogP contribution >= 0.6 is 0 Å². The van der Waals surface area contributed by atoms with Crippen LogP contribution in [0.15, 0.2) is 66.0 Å². The predicted octanol–water partition coefficient (Wildman–Crippen LogP) is 5.48. The molecule has 7 nitrogen and oxygen atoms in total. The number of ether oxygens (including phenoxy) is 1. The summed E-state index contributed by atoms with van der Waals surface area (Å²) in [4.78, 5) is 0.212. The van der Waals surface area contributed by atoms with Crippen molar-refractivity contribution in [2.24, 2.45) is 0 Å². The van der Waals surface area contributed by atoms with Crippen molar-refractivity contribution >= 4 is 29.0 Å². The van der Waals surface area contributed by atoms with Crippen molar-refractivity contribution in [3.8, 4) is 23.0 Å². The third-order valence-electron chi connectivity index (χ3n) is 6.03. The fraction of sp³-hybridized carbons (Fsp3) is 0.345. The standard InChI is InChI=1S/C29H35N3O4SSi/c1-22-7-10-25(11-8-22)37(34,35)32-20-27(24-18-30-31(19-24)21-36-15-16-38(4,5)6)26-17-23(9-12-28(26)32)13-14-29(2,3)33/h7-12,17-20,33H,15-16,21H2,1-6H3. The van der Waals surface area contributed by atoms with Crippen LogP contribution in [0.25, 0.3) is 22.0 Å². The third-order valence-corrected chi connectivity index (χ3v) is 9.42. The largest absolute Gasteiger partial charge is 0.378 e. The molecular weight excluding hydrogens is 514 g/mol. The molecule has 9 heteroatoms. The Morgan fingerprint density at radius 1 is 1.08 bits per heavy atom. The summed E-state index contributed by atoms with van der Waals surface area (Å²) in [6.45, 7) is 13.1. The van der Waals surface area contributed by atoms with E-state index in [1.807, 2.05) is 19.2 Å². The first kappa shape index (κ1) is 27.9. The summed E-state index contributed by atoms with van der Waals surface area (Å²) in [7, 11) is -5.04. The molecule has 0 amide bonds. The lowest BCUT2D eigenvalue weighted by atomic mass is 10.0. The van der Waals surface area contributed by atoms with Gasteiger partial charge in [0.25, 0.3) is 10.0 Å². The number of nitrogens with zero attached hydrogens (tertiary/aromatic N) is 3. The van der Waals surface area contributed by atoms with Crippen molar-refractivity contribution in [1.29, 1.82) is 0 Å². The van der Waals surface area contributed by atoms with Gasteiger partial charge in [-0.05, 0) is 57.1 Å². The van der Waals surface area contributed by atoms with Crippen LogP contribution in [0.1, 0.15) is 25.0 Å². The number of rotatable bonds is 8. The molecule has 0 aliphatic heterocycles. The van der Waals surface area contributed by atoms with Gasteiger partial charge in [-0.25, -0.2) is 17.1 Å². The molecule has 0 bridgehead atoms. The molecule has 0 saturated heterocycles. The molecule has 0 atom stereocenters. The van der Waals surface area contributed by atoms with Gasteiger partial charge in [0.2, 0.25) is 0 Å². The number of fused-ring (bicyclic) bond motifs is 1. The van der Waals surface area contributed by atoms with Crippen molar-refractivity contribution in [3.63, 3.8) is 0 Å². The average molecular weight is 550 g/mol. The van der Waals surface area contributed by atoms with Gasteiger partial charge in [-0.15, -0.1) is 0 Å². The highest BCUT2D eigenvalue weighted by Crippen LogP contribution is 2.33. The monoisotopic (exact) mass is 549 g/mol. The topological polar surface area (TPSA) is 86.4 Å². The SMILES string of the molecule is Cc1ccc(S(=O)(=O)n2cc(-c3cnn(COCC[Si](C)(C)C)c3)c3cc(C#CC(C)(C)O)ccc32)cc1. The smallest absolute Gasteiger partial charge is 0.268 e. The van der Waals surface area contributed by atoms with Crippen LogP contribution in [0.5, 0.6) is 0 Å². The van der Waals surface area contributed by atoms with E-state index in [1.165, 1.54) is 3.97 Å². The molecule has 2 aromatic carbocycles. The second-order valence-corrected chi connectivity index (χ2v) is 18.8. The fourth-order valence-corrected chi connectivity index (χ4v) is 5.99. The van der Waals surface area contributed by atoms with Crippen LogP contribution in [0.2, 0.25) is 25.7 Å². The van der Waals surface area contributed by atoms with Gasteiger partial charge >= 0.3 is 0 Å². The van der Waals surface area contributed by atoms with Crippen LogP contribution in [0, 0.1) is 18.8 Å². The molecule has 4 rings (SSSR count). The number of aliphatic hydroxyl groups is 1. The van der Waals surface area contributed by atoms with E-state index in [2.05, 4.69) is 36.6 Å². The number of benzene rings is 2. The molecule has 200 valence electrons. The van der Waals surface area contributed by atoms with E-state index in [4.69, 9.17) is 4.74 Å². The Labute approximate surface area is 226 Å². The van der Waals surface area contributed by atoms with Crippen molar-refractivity contribution in [1.82, 2.24) is 13.8 Å². The Morgan fingerprint density at radius 2 is 1.79 bits per heavy atom. The van der Waals surface area contributed by atoms with Gasteiger partial charge < -0.3 is 9.84 Å². The van der Waals surface area contributed by atoms with Crippen LogP contribution in [0.3, 0.4) is 0 Å². The first-order valence-electron chi connectivity index (χ1n) is 12.6. The zero-order valence-corrected chi connectivity index (χ0v) is 24.6. The second kappa shape index (κ2) is 10.5. The molecule has 0 unspecified atom stereocenters. The molecule has 0 radical (unpaired) electrons. The molecule has 4 aromatic rings. The minimum absolute atomic E-state index is 0.212. The summed E-state index contributed by atoms with van der Waals surface area (Å²) in [6.07, 6.45) is 5.22. The average Bonchev–Trinajstić information content (AvgIpc) is 3.44. The zero-order chi connectivity index (χ0) is 27.7. The van der Waals surface area contributed by atoms with E-state index in [9.17, 15) is 13.5 Å². The lowest BCUT2D eigenvalue weighted by Crippen LogP contribution is -2.22. The summed E-state index contributed by atoms with van der Waals surface area (Å²) < 4.78 is 36.2. The van der Waals surface area contributed by atoms with Crippen molar-refractivity contribution in [2.75, 3.05) is 6.61 Å². The second-order valence-electron chi connectivity index (χ2n) is 11.3. The van der Waals surface area contributed by atoms with E-state index in [-0.39, 0.29) is 4.90 Å². The van der Waals surface area contributed by atoms with Crippen LogP contribution in [-0.2, 0) is 21.5 Å². The molecule has 0 saturated carbocycles. The molecule has 0 spiro atoms. The van der Waals surface area contributed by atoms with Crippen molar-refractivity contribution in [3.05, 3.63) is 72.2 Å². The summed E-state index contributed by atoms with van der Waals surface area (Å²) in [6, 6.07) is 13.3. The highest BCUT2D eigenvalue weighted by molar-refractivity contribution is 7.90. The molecule has 0 aliphatic carbocycles. The predicted molar refractivity (Wildman–Crippen MR) is 154 cm³/mol. The summed E-state index contributed by atoms with van der Waals surface area (Å²) in [5, 5.41) is 15.2. The van der Waals surface area contributed by atoms with Crippen LogP contribution in [-0.4, -0.2) is 47.6 Å². The Morgan fingerprint density at radius 3 is 2.45 bits per heavy atom. The number of aryl methyl sites for hydroxylation is 1. The number of hydrogen-bond donors (Lipinski definition) is 1. The number of hydrogen-bond acceptors (Lipinski definition) is 5. The van der Waals surface area contributed by atoms with E-state index in [0.29, 0.717) is 24.4 Å². The molecular formula is C29H35N3O4SSi. The first-order chi connectivity index (χ1) is 17.7. The Bertz CT molecular complexity index is 1610. The van der Waals surface area contributed by atoms with Crippen molar-refractivity contribution in [2.45, 2.75) is 63.7 Å². The van der Waals surface area contributed by atoms with Crippen LogP contribution in [0.4, 0.5) is 0 Å². The Balaban J connectivity index is 1.77.